The molecule has 0 spiro atoms. The highest BCUT2D eigenvalue weighted by atomic mass is 15.2. The average molecular weight is 283 g/mol. The molecule has 1 aliphatic heterocycles. The largest absolute Gasteiger partial charge is 0.383 e. The molecule has 1 aliphatic rings. The monoisotopic (exact) mass is 283 g/mol. The molecule has 21 heavy (non-hydrogen) atoms. The van der Waals surface area contributed by atoms with Gasteiger partial charge in [-0.05, 0) is 38.3 Å². The predicted molar refractivity (Wildman–Crippen MR) is 90.9 cm³/mol. The van der Waals surface area contributed by atoms with Crippen LogP contribution in [0.15, 0.2) is 60.8 Å². The van der Waals surface area contributed by atoms with E-state index in [4.69, 9.17) is 0 Å². The van der Waals surface area contributed by atoms with Gasteiger partial charge in [-0.25, -0.2) is 0 Å². The molecular formula is C19H27N2+. The Morgan fingerprint density at radius 2 is 1.71 bits per heavy atom. The van der Waals surface area contributed by atoms with Gasteiger partial charge in [0.1, 0.15) is 11.7 Å². The zero-order valence-electron chi connectivity index (χ0n) is 13.8. The lowest BCUT2D eigenvalue weighted by Crippen LogP contribution is -3.07. The molecule has 0 saturated heterocycles. The summed E-state index contributed by atoms with van der Waals surface area (Å²) in [7, 11) is 6.31. The third-order valence-corrected chi connectivity index (χ3v) is 4.31. The maximum atomic E-state index is 2.34. The fourth-order valence-corrected chi connectivity index (χ4v) is 3.18. The summed E-state index contributed by atoms with van der Waals surface area (Å²) in [6.07, 6.45) is 12.8. The first kappa shape index (κ1) is 15.6. The lowest BCUT2D eigenvalue weighted by Gasteiger charge is -2.25. The van der Waals surface area contributed by atoms with Gasteiger partial charge in [0.15, 0.2) is 0 Å². The van der Waals surface area contributed by atoms with Crippen LogP contribution in [0.5, 0.6) is 0 Å². The van der Waals surface area contributed by atoms with Crippen LogP contribution in [0.3, 0.4) is 0 Å². The summed E-state index contributed by atoms with van der Waals surface area (Å²) in [5, 5.41) is 0. The number of nitrogens with one attached hydrogen (secondary N) is 1. The van der Waals surface area contributed by atoms with E-state index in [-0.39, 0.29) is 5.41 Å². The van der Waals surface area contributed by atoms with Crippen molar-refractivity contribution < 1.29 is 4.90 Å². The smallest absolute Gasteiger partial charge is 0.135 e. The molecule has 1 aromatic carbocycles. The fraction of sp³-hybridized carbons (Fsp3) is 0.368. The second-order valence-electron chi connectivity index (χ2n) is 6.50. The highest BCUT2D eigenvalue weighted by Gasteiger charge is 2.45. The Bertz CT molecular complexity index is 565. The maximum absolute atomic E-state index is 2.34. The van der Waals surface area contributed by atoms with Crippen molar-refractivity contribution in [3.8, 4) is 0 Å². The number of quaternary nitrogens is 1. The molecule has 0 radical (unpaired) electrons. The second kappa shape index (κ2) is 6.31. The van der Waals surface area contributed by atoms with Crippen LogP contribution < -0.4 is 4.90 Å². The van der Waals surface area contributed by atoms with Gasteiger partial charge >= 0.3 is 0 Å². The van der Waals surface area contributed by atoms with Crippen molar-refractivity contribution in [2.45, 2.75) is 25.3 Å². The molecule has 112 valence electrons. The zero-order valence-corrected chi connectivity index (χ0v) is 13.8. The van der Waals surface area contributed by atoms with Crippen molar-refractivity contribution in [1.29, 1.82) is 0 Å². The van der Waals surface area contributed by atoms with Gasteiger partial charge in [-0.2, -0.15) is 0 Å². The number of rotatable bonds is 4. The fourth-order valence-electron chi connectivity index (χ4n) is 3.18. The Labute approximate surface area is 129 Å². The number of fused-ring (bicyclic) bond motifs is 1. The Balaban J connectivity index is 2.12. The number of benzene rings is 1. The molecule has 0 bridgehead atoms. The third-order valence-electron chi connectivity index (χ3n) is 4.31. The molecule has 1 N–H and O–H groups in total. The van der Waals surface area contributed by atoms with Crippen LogP contribution in [-0.4, -0.2) is 32.1 Å². The quantitative estimate of drug-likeness (QED) is 0.835. The molecular weight excluding hydrogens is 256 g/mol. The zero-order chi connectivity index (χ0) is 15.5. The first-order valence-electron chi connectivity index (χ1n) is 7.56. The van der Waals surface area contributed by atoms with Crippen molar-refractivity contribution >= 4 is 5.69 Å². The minimum Gasteiger partial charge on any atom is -0.383 e. The van der Waals surface area contributed by atoms with Gasteiger partial charge in [0.25, 0.3) is 0 Å². The summed E-state index contributed by atoms with van der Waals surface area (Å²) < 4.78 is 0. The van der Waals surface area contributed by atoms with Gasteiger partial charge in [0.2, 0.25) is 0 Å². The number of hydrogen-bond acceptors (Lipinski definition) is 1. The molecule has 2 unspecified atom stereocenters. The Hall–Kier alpha value is -1.80. The van der Waals surface area contributed by atoms with E-state index in [9.17, 15) is 0 Å². The van der Waals surface area contributed by atoms with Crippen LogP contribution in [0.25, 0.3) is 0 Å². The lowest BCUT2D eigenvalue weighted by molar-refractivity contribution is -0.828. The number of allylic oxidation sites excluding steroid dienone is 4. The van der Waals surface area contributed by atoms with Crippen LogP contribution in [0.4, 0.5) is 5.69 Å². The van der Waals surface area contributed by atoms with Crippen molar-refractivity contribution in [1.82, 2.24) is 4.90 Å². The van der Waals surface area contributed by atoms with E-state index in [1.165, 1.54) is 16.2 Å². The van der Waals surface area contributed by atoms with Crippen LogP contribution in [-0.2, 0) is 5.41 Å². The molecule has 1 aromatic rings. The molecule has 0 aliphatic carbocycles. The summed E-state index contributed by atoms with van der Waals surface area (Å²) in [6, 6.07) is 9.26. The van der Waals surface area contributed by atoms with Crippen molar-refractivity contribution in [2.24, 2.45) is 0 Å². The van der Waals surface area contributed by atoms with E-state index < -0.39 is 0 Å². The van der Waals surface area contributed by atoms with Crippen molar-refractivity contribution in [3.63, 3.8) is 0 Å². The Morgan fingerprint density at radius 1 is 1.05 bits per heavy atom. The summed E-state index contributed by atoms with van der Waals surface area (Å²) in [5.41, 5.74) is 3.06. The number of nitrogens with zero attached hydrogens (tertiary/aromatic N) is 1. The molecule has 2 nitrogen and oxygen atoms in total. The van der Waals surface area contributed by atoms with E-state index in [0.29, 0.717) is 6.04 Å². The molecule has 0 fully saturated rings. The van der Waals surface area contributed by atoms with Crippen molar-refractivity contribution in [2.75, 3.05) is 21.1 Å². The van der Waals surface area contributed by atoms with E-state index >= 15 is 0 Å². The van der Waals surface area contributed by atoms with Crippen LogP contribution in [0, 0.1) is 0 Å². The predicted octanol–water partition coefficient (Wildman–Crippen LogP) is 2.68. The van der Waals surface area contributed by atoms with Gasteiger partial charge in [-0.1, -0.05) is 36.4 Å². The number of hydrogen-bond donors (Lipinski definition) is 1. The molecule has 0 saturated carbocycles. The van der Waals surface area contributed by atoms with Gasteiger partial charge in [0.05, 0.1) is 12.5 Å². The SMILES string of the molecule is CN(C)C=CC=CC=CC1[NH+](C)c2ccccc2C1(C)C. The Kier molecular flexibility index (Phi) is 4.69. The molecule has 2 rings (SSSR count). The molecule has 2 heteroatoms. The van der Waals surface area contributed by atoms with Gasteiger partial charge in [-0.15, -0.1) is 0 Å². The average Bonchev–Trinajstić information content (AvgIpc) is 2.63. The highest BCUT2D eigenvalue weighted by Crippen LogP contribution is 2.36. The van der Waals surface area contributed by atoms with Gasteiger partial charge in [-0.3, -0.25) is 4.90 Å². The normalized spacial score (nSPS) is 24.2. The first-order chi connectivity index (χ1) is 9.94. The van der Waals surface area contributed by atoms with Crippen LogP contribution in [0.1, 0.15) is 19.4 Å². The topological polar surface area (TPSA) is 7.68 Å². The van der Waals surface area contributed by atoms with Crippen LogP contribution >= 0.6 is 0 Å². The Morgan fingerprint density at radius 3 is 2.38 bits per heavy atom. The standard InChI is InChI=1S/C19H26N2/c1-19(2)16-12-9-10-13-17(16)21(5)18(19)14-8-6-7-11-15-20(3)4/h6-15,18H,1-5H3/p+1. The number of para-hydroxylation sites is 1. The van der Waals surface area contributed by atoms with E-state index in [0.717, 1.165) is 0 Å². The minimum absolute atomic E-state index is 0.171. The third kappa shape index (κ3) is 3.27. The summed E-state index contributed by atoms with van der Waals surface area (Å²) in [6.45, 7) is 4.68. The van der Waals surface area contributed by atoms with E-state index in [2.05, 4.69) is 75.5 Å². The molecule has 0 aromatic heterocycles. The maximum Gasteiger partial charge on any atom is 0.135 e. The summed E-state index contributed by atoms with van der Waals surface area (Å²) in [4.78, 5) is 3.51. The second-order valence-corrected chi connectivity index (χ2v) is 6.50. The van der Waals surface area contributed by atoms with Gasteiger partial charge < -0.3 is 4.90 Å². The lowest BCUT2D eigenvalue weighted by atomic mass is 9.80. The molecule has 2 atom stereocenters. The van der Waals surface area contributed by atoms with E-state index in [1.807, 2.05) is 25.2 Å². The first-order valence-corrected chi connectivity index (χ1v) is 7.56. The minimum atomic E-state index is 0.171. The van der Waals surface area contributed by atoms with Crippen molar-refractivity contribution in [3.05, 3.63) is 66.4 Å². The summed E-state index contributed by atoms with van der Waals surface area (Å²) >= 11 is 0. The van der Waals surface area contributed by atoms with E-state index in [1.54, 1.807) is 0 Å². The summed E-state index contributed by atoms with van der Waals surface area (Å²) in [5.74, 6) is 0. The van der Waals surface area contributed by atoms with Gasteiger partial charge in [0, 0.05) is 19.7 Å². The molecule has 0 amide bonds. The molecule has 1 heterocycles. The number of likely N-dealkylation sites (N-methyl/N-ethyl adjacent to an activating group) is 1. The highest BCUT2D eigenvalue weighted by molar-refractivity contribution is 5.49. The van der Waals surface area contributed by atoms with Crippen LogP contribution in [0.2, 0.25) is 0 Å².